The number of ether oxygens (including phenoxy) is 1. The number of carbonyl (C=O) groups is 2. The number of nitrogens with zero attached hydrogens (tertiary/aromatic N) is 3. The number of amides is 1. The maximum absolute atomic E-state index is 13.1. The van der Waals surface area contributed by atoms with Gasteiger partial charge in [0.25, 0.3) is 5.91 Å². The molecule has 1 aliphatic heterocycles. The number of hydrogen-bond acceptors (Lipinski definition) is 4. The van der Waals surface area contributed by atoms with Gasteiger partial charge in [-0.3, -0.25) is 4.79 Å². The summed E-state index contributed by atoms with van der Waals surface area (Å²) in [5.41, 5.74) is 1.39. The second kappa shape index (κ2) is 6.64. The van der Waals surface area contributed by atoms with E-state index in [0.717, 1.165) is 0 Å². The first kappa shape index (κ1) is 17.1. The van der Waals surface area contributed by atoms with Gasteiger partial charge in [-0.2, -0.15) is 5.10 Å². The lowest BCUT2D eigenvalue weighted by Gasteiger charge is -2.20. The minimum Gasteiger partial charge on any atom is -0.480 e. The molecule has 2 aromatic rings. The fourth-order valence-corrected chi connectivity index (χ4v) is 2.96. The van der Waals surface area contributed by atoms with E-state index in [0.29, 0.717) is 11.3 Å². The van der Waals surface area contributed by atoms with Crippen LogP contribution in [0.1, 0.15) is 22.5 Å². The third-order valence-electron chi connectivity index (χ3n) is 4.33. The lowest BCUT2D eigenvalue weighted by molar-refractivity contribution is -0.141. The molecule has 1 fully saturated rings. The molecule has 2 unspecified atom stereocenters. The van der Waals surface area contributed by atoms with Gasteiger partial charge in [0.15, 0.2) is 5.69 Å². The van der Waals surface area contributed by atoms with E-state index in [1.165, 1.54) is 28.8 Å². The third kappa shape index (κ3) is 3.25. The van der Waals surface area contributed by atoms with Crippen LogP contribution in [0.2, 0.25) is 0 Å². The van der Waals surface area contributed by atoms with Gasteiger partial charge in [-0.15, -0.1) is 0 Å². The molecule has 0 saturated carbocycles. The Balaban J connectivity index is 1.89. The van der Waals surface area contributed by atoms with E-state index in [4.69, 9.17) is 4.74 Å². The standard InChI is InChI=1S/C17H18FN3O4/c1-10-8-21(12-5-3-11(18)4-6-12)19-15(10)16(22)20-9-13(25-2)7-14(20)17(23)24/h3-6,8,13-14H,7,9H2,1-2H3,(H,23,24). The van der Waals surface area contributed by atoms with Crippen LogP contribution in [0.5, 0.6) is 0 Å². The van der Waals surface area contributed by atoms with E-state index >= 15 is 0 Å². The highest BCUT2D eigenvalue weighted by Gasteiger charge is 2.41. The van der Waals surface area contributed by atoms with Crippen LogP contribution in [0, 0.1) is 12.7 Å². The summed E-state index contributed by atoms with van der Waals surface area (Å²) in [4.78, 5) is 25.5. The number of rotatable bonds is 4. The first-order chi connectivity index (χ1) is 11.9. The lowest BCUT2D eigenvalue weighted by Crippen LogP contribution is -2.41. The molecule has 8 heteroatoms. The van der Waals surface area contributed by atoms with Gasteiger partial charge in [0.05, 0.1) is 11.8 Å². The van der Waals surface area contributed by atoms with Crippen LogP contribution in [0.25, 0.3) is 5.69 Å². The Kier molecular flexibility index (Phi) is 4.54. The molecule has 1 saturated heterocycles. The van der Waals surface area contributed by atoms with Crippen molar-refractivity contribution in [2.75, 3.05) is 13.7 Å². The average molecular weight is 347 g/mol. The molecular formula is C17H18FN3O4. The number of carboxylic acid groups (broad SMARTS) is 1. The molecule has 1 N–H and O–H groups in total. The predicted octanol–water partition coefficient (Wildman–Crippen LogP) is 1.63. The van der Waals surface area contributed by atoms with Gasteiger partial charge in [0.1, 0.15) is 11.9 Å². The highest BCUT2D eigenvalue weighted by atomic mass is 19.1. The molecule has 25 heavy (non-hydrogen) atoms. The van der Waals surface area contributed by atoms with Gasteiger partial charge < -0.3 is 14.7 Å². The Labute approximate surface area is 143 Å². The molecule has 2 heterocycles. The van der Waals surface area contributed by atoms with Crippen LogP contribution < -0.4 is 0 Å². The van der Waals surface area contributed by atoms with E-state index in [1.54, 1.807) is 25.3 Å². The van der Waals surface area contributed by atoms with E-state index < -0.39 is 17.9 Å². The topological polar surface area (TPSA) is 84.7 Å². The normalized spacial score (nSPS) is 20.0. The average Bonchev–Trinajstić information content (AvgIpc) is 3.19. The van der Waals surface area contributed by atoms with Crippen LogP contribution >= 0.6 is 0 Å². The number of carbonyl (C=O) groups excluding carboxylic acids is 1. The summed E-state index contributed by atoms with van der Waals surface area (Å²) in [6.45, 7) is 1.93. The minimum absolute atomic E-state index is 0.173. The van der Waals surface area contributed by atoms with Gasteiger partial charge >= 0.3 is 5.97 Å². The number of benzene rings is 1. The Morgan fingerprint density at radius 1 is 1.32 bits per heavy atom. The van der Waals surface area contributed by atoms with Crippen LogP contribution in [0.3, 0.4) is 0 Å². The summed E-state index contributed by atoms with van der Waals surface area (Å²) in [6.07, 6.45) is 1.58. The molecule has 2 atom stereocenters. The molecular weight excluding hydrogens is 329 g/mol. The first-order valence-electron chi connectivity index (χ1n) is 7.79. The van der Waals surface area contributed by atoms with Gasteiger partial charge in [0, 0.05) is 31.8 Å². The van der Waals surface area contributed by atoms with Crippen LogP contribution in [0.4, 0.5) is 4.39 Å². The quantitative estimate of drug-likeness (QED) is 0.909. The SMILES string of the molecule is COC1CC(C(=O)O)N(C(=O)c2nn(-c3ccc(F)cc3)cc2C)C1. The maximum atomic E-state index is 13.1. The molecule has 0 bridgehead atoms. The van der Waals surface area contributed by atoms with Crippen LogP contribution in [-0.2, 0) is 9.53 Å². The molecule has 1 amide bonds. The summed E-state index contributed by atoms with van der Waals surface area (Å²) in [6, 6.07) is 4.77. The Morgan fingerprint density at radius 2 is 2.00 bits per heavy atom. The monoisotopic (exact) mass is 347 g/mol. The van der Waals surface area contributed by atoms with Crippen LogP contribution in [0.15, 0.2) is 30.5 Å². The Morgan fingerprint density at radius 3 is 2.60 bits per heavy atom. The zero-order valence-corrected chi connectivity index (χ0v) is 13.8. The smallest absolute Gasteiger partial charge is 0.326 e. The fraction of sp³-hybridized carbons (Fsp3) is 0.353. The van der Waals surface area contributed by atoms with Crippen molar-refractivity contribution in [1.29, 1.82) is 0 Å². The predicted molar refractivity (Wildman–Crippen MR) is 86.1 cm³/mol. The first-order valence-corrected chi connectivity index (χ1v) is 7.79. The Bertz CT molecular complexity index is 803. The van der Waals surface area contributed by atoms with E-state index in [9.17, 15) is 19.1 Å². The van der Waals surface area contributed by atoms with E-state index in [1.807, 2.05) is 0 Å². The van der Waals surface area contributed by atoms with Crippen molar-refractivity contribution in [2.45, 2.75) is 25.5 Å². The van der Waals surface area contributed by atoms with Crippen molar-refractivity contribution in [2.24, 2.45) is 0 Å². The largest absolute Gasteiger partial charge is 0.480 e. The molecule has 1 aliphatic rings. The number of halogens is 1. The molecule has 0 aliphatic carbocycles. The lowest BCUT2D eigenvalue weighted by atomic mass is 10.2. The van der Waals surface area contributed by atoms with E-state index in [2.05, 4.69) is 5.10 Å². The number of aromatic nitrogens is 2. The fourth-order valence-electron chi connectivity index (χ4n) is 2.96. The van der Waals surface area contributed by atoms with Crippen molar-refractivity contribution < 1.29 is 23.8 Å². The van der Waals surface area contributed by atoms with Crippen molar-refractivity contribution >= 4 is 11.9 Å². The minimum atomic E-state index is -1.07. The van der Waals surface area contributed by atoms with Gasteiger partial charge in [0.2, 0.25) is 0 Å². The summed E-state index contributed by atoms with van der Waals surface area (Å²) >= 11 is 0. The number of methoxy groups -OCH3 is 1. The maximum Gasteiger partial charge on any atom is 0.326 e. The zero-order valence-electron chi connectivity index (χ0n) is 13.8. The van der Waals surface area contributed by atoms with E-state index in [-0.39, 0.29) is 30.6 Å². The number of aliphatic carboxylic acids is 1. The van der Waals surface area contributed by atoms with Crippen molar-refractivity contribution in [3.05, 3.63) is 47.5 Å². The Hall–Kier alpha value is -2.74. The van der Waals surface area contributed by atoms with Gasteiger partial charge in [-0.25, -0.2) is 13.9 Å². The number of hydrogen-bond donors (Lipinski definition) is 1. The van der Waals surface area contributed by atoms with Gasteiger partial charge in [-0.05, 0) is 31.2 Å². The summed E-state index contributed by atoms with van der Waals surface area (Å²) in [5.74, 6) is -1.88. The van der Waals surface area contributed by atoms with Gasteiger partial charge in [-0.1, -0.05) is 0 Å². The molecule has 0 spiro atoms. The zero-order chi connectivity index (χ0) is 18.1. The molecule has 0 radical (unpaired) electrons. The number of likely N-dealkylation sites (tertiary alicyclic amines) is 1. The van der Waals surface area contributed by atoms with Crippen molar-refractivity contribution in [3.63, 3.8) is 0 Å². The summed E-state index contributed by atoms with van der Waals surface area (Å²) < 4.78 is 19.7. The highest BCUT2D eigenvalue weighted by molar-refractivity contribution is 5.96. The second-order valence-corrected chi connectivity index (χ2v) is 5.99. The van der Waals surface area contributed by atoms with Crippen LogP contribution in [-0.4, -0.2) is 57.5 Å². The molecule has 132 valence electrons. The summed E-state index contributed by atoms with van der Waals surface area (Å²) in [7, 11) is 1.49. The molecule has 1 aromatic heterocycles. The van der Waals surface area contributed by atoms with Crippen molar-refractivity contribution in [3.8, 4) is 5.69 Å². The number of carboxylic acids is 1. The van der Waals surface area contributed by atoms with Crippen molar-refractivity contribution in [1.82, 2.24) is 14.7 Å². The molecule has 3 rings (SSSR count). The summed E-state index contributed by atoms with van der Waals surface area (Å²) in [5, 5.41) is 13.6. The molecule has 7 nitrogen and oxygen atoms in total. The third-order valence-corrected chi connectivity index (χ3v) is 4.33. The number of aryl methyl sites for hydroxylation is 1. The molecule has 1 aromatic carbocycles. The second-order valence-electron chi connectivity index (χ2n) is 5.99. The highest BCUT2D eigenvalue weighted by Crippen LogP contribution is 2.24.